The third-order valence-electron chi connectivity index (χ3n) is 0.818. The molecule has 0 aliphatic heterocycles. The molecule has 0 rings (SSSR count). The molecule has 0 atom stereocenters. The van der Waals surface area contributed by atoms with E-state index in [1.165, 1.54) is 0 Å². The lowest BCUT2D eigenvalue weighted by Crippen LogP contribution is -2.13. The highest BCUT2D eigenvalue weighted by Crippen LogP contribution is 2.18. The van der Waals surface area contributed by atoms with Crippen LogP contribution in [0.25, 0.3) is 0 Å². The van der Waals surface area contributed by atoms with Gasteiger partial charge >= 0.3 is 0 Å². The minimum Gasteiger partial charge on any atom is -0.365 e. The Labute approximate surface area is 70.1 Å². The average molecular weight is 227 g/mol. The Bertz CT molecular complexity index is 215. The fourth-order valence-corrected chi connectivity index (χ4v) is 0.659. The molecule has 2 N–H and O–H groups in total. The van der Waals surface area contributed by atoms with Crippen LogP contribution in [0.4, 0.5) is 8.78 Å². The Morgan fingerprint density at radius 2 is 2.09 bits per heavy atom. The smallest absolute Gasteiger partial charge is 0.281 e. The Balaban J connectivity index is 4.83. The van der Waals surface area contributed by atoms with Crippen LogP contribution in [0.1, 0.15) is 0 Å². The van der Waals surface area contributed by atoms with E-state index in [1.807, 2.05) is 0 Å². The van der Waals surface area contributed by atoms with E-state index in [4.69, 9.17) is 0 Å². The first kappa shape index (κ1) is 10.2. The van der Waals surface area contributed by atoms with Gasteiger partial charge in [0.2, 0.25) is 0 Å². The van der Waals surface area contributed by atoms with Crippen LogP contribution in [0, 0.1) is 0 Å². The molecule has 0 aliphatic rings. The summed E-state index contributed by atoms with van der Waals surface area (Å²) in [4.78, 5) is 13.2. The lowest BCUT2D eigenvalue weighted by atomic mass is 10.4. The van der Waals surface area contributed by atoms with E-state index in [-0.39, 0.29) is 0 Å². The molecule has 0 fully saturated rings. The number of carbonyl (C=O) groups is 1. The summed E-state index contributed by atoms with van der Waals surface area (Å²) in [5, 5.41) is 0. The third kappa shape index (κ3) is 2.75. The highest BCUT2D eigenvalue weighted by molar-refractivity contribution is 9.12. The van der Waals surface area contributed by atoms with Crippen molar-refractivity contribution in [2.75, 3.05) is 0 Å². The van der Waals surface area contributed by atoms with Crippen LogP contribution >= 0.6 is 15.9 Å². The molecule has 0 heterocycles. The molecule has 0 unspecified atom stereocenters. The third-order valence-corrected chi connectivity index (χ3v) is 1.62. The van der Waals surface area contributed by atoms with Crippen molar-refractivity contribution in [2.24, 2.45) is 10.7 Å². The van der Waals surface area contributed by atoms with Gasteiger partial charge in [0.05, 0.1) is 0 Å². The predicted octanol–water partition coefficient (Wildman–Crippen LogP) is 1.04. The second kappa shape index (κ2) is 4.17. The second-order valence-electron chi connectivity index (χ2n) is 1.52. The van der Waals surface area contributed by atoms with Crippen molar-refractivity contribution in [1.29, 1.82) is 0 Å². The number of nitrogens with zero attached hydrogens (tertiary/aromatic N) is 1. The summed E-state index contributed by atoms with van der Waals surface area (Å²) in [6, 6.07) is 0. The van der Waals surface area contributed by atoms with E-state index in [0.29, 0.717) is 0 Å². The van der Waals surface area contributed by atoms with E-state index in [9.17, 15) is 13.6 Å². The molecular weight excluding hydrogens is 222 g/mol. The van der Waals surface area contributed by atoms with Gasteiger partial charge < -0.3 is 5.73 Å². The number of nitrogens with two attached hydrogens (primary N) is 1. The van der Waals surface area contributed by atoms with E-state index in [0.717, 1.165) is 0 Å². The summed E-state index contributed by atoms with van der Waals surface area (Å²) in [6.07, 6.45) is -2.85. The molecule has 0 aromatic heterocycles. The van der Waals surface area contributed by atoms with Gasteiger partial charge in [-0.3, -0.25) is 9.79 Å². The van der Waals surface area contributed by atoms with Gasteiger partial charge in [0.1, 0.15) is 10.2 Å². The van der Waals surface area contributed by atoms with Crippen LogP contribution in [0.3, 0.4) is 0 Å². The summed E-state index contributed by atoms with van der Waals surface area (Å²) in [6.45, 7) is 2.86. The van der Waals surface area contributed by atoms with Crippen molar-refractivity contribution in [3.8, 4) is 0 Å². The molecule has 0 spiro atoms. The predicted molar refractivity (Wildman–Crippen MR) is 40.7 cm³/mol. The number of hydrogen-bond acceptors (Lipinski definition) is 2. The molecule has 11 heavy (non-hydrogen) atoms. The summed E-state index contributed by atoms with van der Waals surface area (Å²) >= 11 is 2.56. The number of allylic oxidation sites excluding steroid dienone is 1. The van der Waals surface area contributed by atoms with Gasteiger partial charge in [-0.2, -0.15) is 0 Å². The van der Waals surface area contributed by atoms with Crippen LogP contribution in [0.2, 0.25) is 0 Å². The lowest BCUT2D eigenvalue weighted by Gasteiger charge is -1.99. The van der Waals surface area contributed by atoms with E-state index >= 15 is 0 Å². The zero-order valence-corrected chi connectivity index (χ0v) is 6.94. The topological polar surface area (TPSA) is 55.4 Å². The van der Waals surface area contributed by atoms with Crippen molar-refractivity contribution in [3.63, 3.8) is 0 Å². The molecule has 0 aliphatic carbocycles. The van der Waals surface area contributed by atoms with Crippen LogP contribution < -0.4 is 5.73 Å². The fraction of sp³-hybridized carbons (Fsp3) is 0.200. The molecule has 0 aromatic carbocycles. The van der Waals surface area contributed by atoms with Gasteiger partial charge in [0, 0.05) is 0 Å². The van der Waals surface area contributed by atoms with Crippen LogP contribution in [0.15, 0.2) is 15.2 Å². The molecule has 1 amide bonds. The minimum atomic E-state index is -2.85. The Hall–Kier alpha value is -0.780. The summed E-state index contributed by atoms with van der Waals surface area (Å²) in [5.74, 6) is -0.993. The van der Waals surface area contributed by atoms with E-state index in [1.54, 1.807) is 0 Å². The number of carbonyl (C=O) groups excluding carboxylic acids is 1. The first-order valence-corrected chi connectivity index (χ1v) is 3.24. The molecular formula is C5H5BrF2N2O. The molecule has 3 nitrogen and oxygen atoms in total. The Kier molecular flexibility index (Phi) is 3.88. The first-order chi connectivity index (χ1) is 5.00. The highest BCUT2D eigenvalue weighted by atomic mass is 79.9. The monoisotopic (exact) mass is 226 g/mol. The van der Waals surface area contributed by atoms with Gasteiger partial charge in [0.15, 0.2) is 0 Å². The second-order valence-corrected chi connectivity index (χ2v) is 2.32. The van der Waals surface area contributed by atoms with Gasteiger partial charge in [-0.15, -0.1) is 0 Å². The number of amides is 1. The summed E-state index contributed by atoms with van der Waals surface area (Å²) in [5.41, 5.74) is 3.95. The molecule has 62 valence electrons. The summed E-state index contributed by atoms with van der Waals surface area (Å²) < 4.78 is 23.3. The number of rotatable bonds is 3. The van der Waals surface area contributed by atoms with Crippen molar-refractivity contribution in [2.45, 2.75) is 6.43 Å². The Morgan fingerprint density at radius 1 is 1.64 bits per heavy atom. The number of hydrogen-bond donors (Lipinski definition) is 1. The maximum absolute atomic E-state index is 11.9. The van der Waals surface area contributed by atoms with Crippen LogP contribution in [0.5, 0.6) is 0 Å². The summed E-state index contributed by atoms with van der Waals surface area (Å²) in [7, 11) is 0. The van der Waals surface area contributed by atoms with Gasteiger partial charge in [-0.1, -0.05) is 0 Å². The standard InChI is InChI=1S/C5H5BrF2N2O/c1-10-3(4(7)8)2(6)5(9)11/h4H,1H2,(H2,9,11)/b3-2+. The van der Waals surface area contributed by atoms with E-state index < -0.39 is 22.5 Å². The lowest BCUT2D eigenvalue weighted by molar-refractivity contribution is -0.114. The van der Waals surface area contributed by atoms with Crippen LogP contribution in [-0.4, -0.2) is 19.1 Å². The van der Waals surface area contributed by atoms with Crippen molar-refractivity contribution < 1.29 is 13.6 Å². The number of primary amides is 1. The minimum absolute atomic E-state index is 0.442. The first-order valence-electron chi connectivity index (χ1n) is 2.45. The maximum atomic E-state index is 11.9. The molecule has 0 saturated carbocycles. The van der Waals surface area contributed by atoms with Gasteiger partial charge in [0.25, 0.3) is 12.3 Å². The molecule has 0 bridgehead atoms. The largest absolute Gasteiger partial charge is 0.365 e. The average Bonchev–Trinajstić information content (AvgIpc) is 1.88. The molecule has 0 saturated heterocycles. The molecule has 0 radical (unpaired) electrons. The molecule has 0 aromatic rings. The SMILES string of the molecule is C=N/C(=C(/Br)C(N)=O)C(F)F. The van der Waals surface area contributed by atoms with Crippen molar-refractivity contribution >= 4 is 28.6 Å². The maximum Gasteiger partial charge on any atom is 0.281 e. The number of halogens is 3. The zero-order chi connectivity index (χ0) is 9.02. The van der Waals surface area contributed by atoms with Crippen LogP contribution in [-0.2, 0) is 4.79 Å². The fourth-order valence-electron chi connectivity index (χ4n) is 0.360. The number of alkyl halides is 2. The zero-order valence-electron chi connectivity index (χ0n) is 5.35. The van der Waals surface area contributed by atoms with Gasteiger partial charge in [-0.25, -0.2) is 8.78 Å². The van der Waals surface area contributed by atoms with Gasteiger partial charge in [-0.05, 0) is 22.6 Å². The highest BCUT2D eigenvalue weighted by Gasteiger charge is 2.16. The Morgan fingerprint density at radius 3 is 2.18 bits per heavy atom. The molecule has 6 heteroatoms. The van der Waals surface area contributed by atoms with Crippen molar-refractivity contribution in [3.05, 3.63) is 10.2 Å². The number of aliphatic imine (C=N–C) groups is 1. The van der Waals surface area contributed by atoms with Crippen molar-refractivity contribution in [1.82, 2.24) is 0 Å². The van der Waals surface area contributed by atoms with E-state index in [2.05, 4.69) is 33.4 Å². The normalized spacial score (nSPS) is 12.7. The quantitative estimate of drug-likeness (QED) is 0.568.